The Morgan fingerprint density at radius 1 is 1.22 bits per heavy atom. The van der Waals surface area contributed by atoms with E-state index in [1.807, 2.05) is 41.1 Å². The van der Waals surface area contributed by atoms with Crippen LogP contribution in [0, 0.1) is 0 Å². The van der Waals surface area contributed by atoms with Crippen LogP contribution in [0.3, 0.4) is 0 Å². The van der Waals surface area contributed by atoms with Crippen LogP contribution in [0.25, 0.3) is 16.9 Å². The van der Waals surface area contributed by atoms with Gasteiger partial charge in [0.25, 0.3) is 0 Å². The fourth-order valence-electron chi connectivity index (χ4n) is 1.87. The number of pyridine rings is 1. The molecule has 0 saturated carbocycles. The normalized spacial score (nSPS) is 10.7. The lowest BCUT2D eigenvalue weighted by atomic mass is 10.2. The molecule has 4 heteroatoms. The van der Waals surface area contributed by atoms with Gasteiger partial charge in [-0.05, 0) is 18.2 Å². The van der Waals surface area contributed by atoms with Crippen molar-refractivity contribution in [2.24, 2.45) is 0 Å². The van der Waals surface area contributed by atoms with Gasteiger partial charge in [-0.3, -0.25) is 4.79 Å². The Labute approximate surface area is 112 Å². The Balaban J connectivity index is 2.19. The average molecular weight is 301 g/mol. The average Bonchev–Trinajstić information content (AvgIpc) is 2.81. The molecule has 0 aliphatic carbocycles. The number of aldehydes is 1. The zero-order valence-corrected chi connectivity index (χ0v) is 11.0. The van der Waals surface area contributed by atoms with Crippen LogP contribution in [0.5, 0.6) is 0 Å². The summed E-state index contributed by atoms with van der Waals surface area (Å²) in [5, 5.41) is 0. The Kier molecular flexibility index (Phi) is 2.72. The molecule has 1 aromatic carbocycles. The summed E-state index contributed by atoms with van der Waals surface area (Å²) in [4.78, 5) is 15.3. The summed E-state index contributed by atoms with van der Waals surface area (Å²) in [7, 11) is 0. The first-order chi connectivity index (χ1) is 8.78. The molecule has 0 N–H and O–H groups in total. The number of carbonyl (C=O) groups excluding carboxylic acids is 1. The quantitative estimate of drug-likeness (QED) is 0.678. The van der Waals surface area contributed by atoms with E-state index >= 15 is 0 Å². The van der Waals surface area contributed by atoms with Crippen LogP contribution in [0.1, 0.15) is 10.4 Å². The first-order valence-corrected chi connectivity index (χ1v) is 6.26. The molecule has 0 aliphatic rings. The summed E-state index contributed by atoms with van der Waals surface area (Å²) in [6.45, 7) is 0. The second kappa shape index (κ2) is 4.38. The lowest BCUT2D eigenvalue weighted by Crippen LogP contribution is -1.85. The zero-order chi connectivity index (χ0) is 12.5. The number of hydrogen-bond donors (Lipinski definition) is 0. The molecule has 0 atom stereocenters. The van der Waals surface area contributed by atoms with Crippen molar-refractivity contribution in [3.63, 3.8) is 0 Å². The van der Waals surface area contributed by atoms with Gasteiger partial charge >= 0.3 is 0 Å². The van der Waals surface area contributed by atoms with Crippen molar-refractivity contribution in [2.75, 3.05) is 0 Å². The van der Waals surface area contributed by atoms with Gasteiger partial charge in [0.15, 0.2) is 0 Å². The lowest BCUT2D eigenvalue weighted by molar-refractivity contribution is 0.112. The number of imidazole rings is 1. The van der Waals surface area contributed by atoms with Gasteiger partial charge in [-0.2, -0.15) is 0 Å². The van der Waals surface area contributed by atoms with Gasteiger partial charge in [0.2, 0.25) is 0 Å². The highest BCUT2D eigenvalue weighted by Crippen LogP contribution is 2.27. The van der Waals surface area contributed by atoms with E-state index in [-0.39, 0.29) is 0 Å². The summed E-state index contributed by atoms with van der Waals surface area (Å²) >= 11 is 3.51. The van der Waals surface area contributed by atoms with Crippen molar-refractivity contribution in [1.29, 1.82) is 0 Å². The van der Waals surface area contributed by atoms with Crippen LogP contribution in [0.2, 0.25) is 0 Å². The van der Waals surface area contributed by atoms with E-state index < -0.39 is 0 Å². The molecule has 88 valence electrons. The Morgan fingerprint density at radius 2 is 2.06 bits per heavy atom. The monoisotopic (exact) mass is 300 g/mol. The number of nitrogens with zero attached hydrogens (tertiary/aromatic N) is 2. The third-order valence-electron chi connectivity index (χ3n) is 2.77. The molecular weight excluding hydrogens is 292 g/mol. The largest absolute Gasteiger partial charge is 0.306 e. The molecule has 0 radical (unpaired) electrons. The fourth-order valence-corrected chi connectivity index (χ4v) is 2.36. The molecule has 18 heavy (non-hydrogen) atoms. The molecule has 2 heterocycles. The second-order valence-corrected chi connectivity index (χ2v) is 4.80. The van der Waals surface area contributed by atoms with E-state index in [4.69, 9.17) is 0 Å². The number of halogens is 1. The minimum Gasteiger partial charge on any atom is -0.306 e. The first kappa shape index (κ1) is 11.2. The molecule has 3 aromatic rings. The summed E-state index contributed by atoms with van der Waals surface area (Å²) < 4.78 is 2.91. The summed E-state index contributed by atoms with van der Waals surface area (Å²) in [5.74, 6) is 0. The molecule has 0 saturated heterocycles. The standard InChI is InChI=1S/C14H9BrN2O/c15-12-4-2-1-3-11(12)13-8-17-6-5-10(9-18)7-14(17)16-13/h1-9H. The number of hydrogen-bond acceptors (Lipinski definition) is 2. The molecule has 0 unspecified atom stereocenters. The highest BCUT2D eigenvalue weighted by Gasteiger charge is 2.07. The van der Waals surface area contributed by atoms with Crippen molar-refractivity contribution in [1.82, 2.24) is 9.38 Å². The first-order valence-electron chi connectivity index (χ1n) is 5.47. The van der Waals surface area contributed by atoms with Crippen molar-refractivity contribution >= 4 is 27.9 Å². The Morgan fingerprint density at radius 3 is 2.83 bits per heavy atom. The van der Waals surface area contributed by atoms with Crippen LogP contribution in [-0.2, 0) is 0 Å². The van der Waals surface area contributed by atoms with Gasteiger partial charge in [0.05, 0.1) is 5.69 Å². The SMILES string of the molecule is O=Cc1ccn2cc(-c3ccccc3Br)nc2c1. The minimum absolute atomic E-state index is 0.631. The van der Waals surface area contributed by atoms with Crippen molar-refractivity contribution in [3.05, 3.63) is 58.8 Å². The van der Waals surface area contributed by atoms with Crippen molar-refractivity contribution in [3.8, 4) is 11.3 Å². The van der Waals surface area contributed by atoms with Gasteiger partial charge in [-0.15, -0.1) is 0 Å². The Hall–Kier alpha value is -1.94. The predicted octanol–water partition coefficient (Wildman–Crippen LogP) is 3.58. The number of rotatable bonds is 2. The van der Waals surface area contributed by atoms with Gasteiger partial charge in [-0.1, -0.05) is 34.1 Å². The minimum atomic E-state index is 0.631. The molecule has 0 amide bonds. The molecule has 0 spiro atoms. The van der Waals surface area contributed by atoms with E-state index in [0.29, 0.717) is 5.56 Å². The third-order valence-corrected chi connectivity index (χ3v) is 3.46. The number of aromatic nitrogens is 2. The van der Waals surface area contributed by atoms with Gasteiger partial charge in [0, 0.05) is 28.0 Å². The van der Waals surface area contributed by atoms with E-state index in [2.05, 4.69) is 20.9 Å². The van der Waals surface area contributed by atoms with E-state index in [1.54, 1.807) is 12.1 Å². The summed E-state index contributed by atoms with van der Waals surface area (Å²) in [6, 6.07) is 11.5. The molecule has 3 nitrogen and oxygen atoms in total. The maximum absolute atomic E-state index is 10.7. The van der Waals surface area contributed by atoms with Crippen LogP contribution in [0.4, 0.5) is 0 Å². The Bertz CT molecular complexity index is 733. The van der Waals surface area contributed by atoms with Crippen LogP contribution < -0.4 is 0 Å². The van der Waals surface area contributed by atoms with E-state index in [9.17, 15) is 4.79 Å². The van der Waals surface area contributed by atoms with Crippen LogP contribution in [0.15, 0.2) is 53.3 Å². The van der Waals surface area contributed by atoms with Gasteiger partial charge in [-0.25, -0.2) is 4.98 Å². The highest BCUT2D eigenvalue weighted by atomic mass is 79.9. The van der Waals surface area contributed by atoms with Crippen LogP contribution >= 0.6 is 15.9 Å². The zero-order valence-electron chi connectivity index (χ0n) is 9.38. The highest BCUT2D eigenvalue weighted by molar-refractivity contribution is 9.10. The molecule has 0 fully saturated rings. The van der Waals surface area contributed by atoms with E-state index in [0.717, 1.165) is 27.7 Å². The molecule has 2 aromatic heterocycles. The molecule has 3 rings (SSSR count). The molecule has 0 bridgehead atoms. The van der Waals surface area contributed by atoms with E-state index in [1.165, 1.54) is 0 Å². The number of benzene rings is 1. The molecular formula is C14H9BrN2O. The molecule has 0 aliphatic heterocycles. The fraction of sp³-hybridized carbons (Fsp3) is 0. The maximum Gasteiger partial charge on any atom is 0.150 e. The third kappa shape index (κ3) is 1.84. The summed E-state index contributed by atoms with van der Waals surface area (Å²) in [5.41, 5.74) is 3.32. The lowest BCUT2D eigenvalue weighted by Gasteiger charge is -1.98. The number of fused-ring (bicyclic) bond motifs is 1. The second-order valence-electron chi connectivity index (χ2n) is 3.95. The van der Waals surface area contributed by atoms with Gasteiger partial charge in [0.1, 0.15) is 11.9 Å². The topological polar surface area (TPSA) is 34.4 Å². The van der Waals surface area contributed by atoms with Crippen molar-refractivity contribution < 1.29 is 4.79 Å². The summed E-state index contributed by atoms with van der Waals surface area (Å²) in [6.07, 6.45) is 4.61. The van der Waals surface area contributed by atoms with Crippen molar-refractivity contribution in [2.45, 2.75) is 0 Å². The van der Waals surface area contributed by atoms with Gasteiger partial charge < -0.3 is 4.40 Å². The maximum atomic E-state index is 10.7. The predicted molar refractivity (Wildman–Crippen MR) is 73.7 cm³/mol. The van der Waals surface area contributed by atoms with Crippen LogP contribution in [-0.4, -0.2) is 15.7 Å². The number of carbonyl (C=O) groups is 1. The smallest absolute Gasteiger partial charge is 0.150 e.